The molecule has 4 unspecified atom stereocenters. The molecule has 1 saturated heterocycles. The Morgan fingerprint density at radius 1 is 1.21 bits per heavy atom. The third kappa shape index (κ3) is 8.23. The molecule has 1 aliphatic heterocycles. The Bertz CT molecular complexity index is 820. The highest BCUT2D eigenvalue weighted by Crippen LogP contribution is 2.61. The van der Waals surface area contributed by atoms with Crippen LogP contribution in [0.25, 0.3) is 0 Å². The number of ether oxygens (including phenoxy) is 1. The molecule has 0 aliphatic carbocycles. The monoisotopic (exact) mass is 475 g/mol. The first-order valence-electron chi connectivity index (χ1n) is 7.98. The van der Waals surface area contributed by atoms with Crippen LogP contribution in [0.5, 0.6) is 0 Å². The van der Waals surface area contributed by atoms with Crippen molar-refractivity contribution in [1.29, 1.82) is 0 Å². The van der Waals surface area contributed by atoms with E-state index in [1.54, 1.807) is 31.3 Å². The molecular weight excluding hydrogens is 457 g/mol. The van der Waals surface area contributed by atoms with Crippen LogP contribution in [0, 0.1) is 0 Å². The van der Waals surface area contributed by atoms with Gasteiger partial charge < -0.3 is 39.3 Å². The second-order valence-electron chi connectivity index (χ2n) is 5.92. The Balaban J connectivity index is 1.89. The molecule has 1 aromatic heterocycles. The molecule has 14 nitrogen and oxygen atoms in total. The van der Waals surface area contributed by atoms with Crippen LogP contribution in [0.4, 0.5) is 0 Å². The van der Waals surface area contributed by atoms with E-state index in [-0.39, 0.29) is 0 Å². The quantitative estimate of drug-likeness (QED) is 0.316. The Morgan fingerprint density at radius 2 is 1.90 bits per heavy atom. The summed E-state index contributed by atoms with van der Waals surface area (Å²) in [7, 11) is -17.4. The summed E-state index contributed by atoms with van der Waals surface area (Å²) >= 11 is 0. The van der Waals surface area contributed by atoms with E-state index in [0.29, 0.717) is 12.2 Å². The van der Waals surface area contributed by atoms with E-state index in [9.17, 15) is 33.5 Å². The van der Waals surface area contributed by atoms with Crippen molar-refractivity contribution < 1.29 is 56.3 Å². The van der Waals surface area contributed by atoms with Gasteiger partial charge >= 0.3 is 0 Å². The molecule has 1 fully saturated rings. The Hall–Kier alpha value is -0.560. The molecule has 0 radical (unpaired) electrons. The number of phosphoric ester groups is 1. The summed E-state index contributed by atoms with van der Waals surface area (Å²) in [6.07, 6.45) is -1.38. The van der Waals surface area contributed by atoms with Crippen molar-refractivity contribution in [3.05, 3.63) is 30.1 Å². The molecule has 1 aliphatic rings. The van der Waals surface area contributed by atoms with Crippen molar-refractivity contribution in [2.75, 3.05) is 6.61 Å². The predicted octanol–water partition coefficient (Wildman–Crippen LogP) is -1.86. The molecule has 3 N–H and O–H groups in total. The highest BCUT2D eigenvalue weighted by Gasteiger charge is 2.41. The van der Waals surface area contributed by atoms with Crippen molar-refractivity contribution in [2.24, 2.45) is 0 Å². The number of aliphatic hydroxyl groups is 1. The standard InChI is InChI=1S/C12H21N2O12P3/c1-8-11(14-6-9-4-2-3-5-13-9)12(15)10(24-8)7-23-28(19,20)26-29(21,22)25-27(16,17)18/h2-5,8,10-12,14-15H,6-7H2,1H3,(H,19,20)(H,21,22)(H2,16,17,18)/p-3/t8-,10+,11?,12-/m0/s1. The highest BCUT2D eigenvalue weighted by molar-refractivity contribution is 7.65. The van der Waals surface area contributed by atoms with E-state index < -0.39 is 54.4 Å². The van der Waals surface area contributed by atoms with Gasteiger partial charge in [-0.15, -0.1) is 0 Å². The maximum Gasteiger partial charge on any atom is 0.280 e. The fourth-order valence-electron chi connectivity index (χ4n) is 2.55. The third-order valence-corrected chi connectivity index (χ3v) is 7.38. The topological polar surface area (TPSA) is 223 Å². The van der Waals surface area contributed by atoms with E-state index in [0.717, 1.165) is 0 Å². The summed E-state index contributed by atoms with van der Waals surface area (Å²) in [6, 6.07) is 4.64. The minimum atomic E-state index is -5.98. The number of pyridine rings is 1. The first kappa shape index (κ1) is 24.7. The van der Waals surface area contributed by atoms with Gasteiger partial charge in [0, 0.05) is 12.7 Å². The van der Waals surface area contributed by atoms with Crippen LogP contribution in [0.15, 0.2) is 24.4 Å². The maximum absolute atomic E-state index is 11.6. The van der Waals surface area contributed by atoms with Crippen LogP contribution in [0.3, 0.4) is 0 Å². The van der Waals surface area contributed by atoms with Crippen molar-refractivity contribution in [3.63, 3.8) is 0 Å². The second-order valence-corrected chi connectivity index (χ2v) is 10.2. The lowest BCUT2D eigenvalue weighted by atomic mass is 10.1. The Kier molecular flexibility index (Phi) is 8.28. The summed E-state index contributed by atoms with van der Waals surface area (Å²) in [5, 5.41) is 13.3. The highest BCUT2D eigenvalue weighted by atomic mass is 31.3. The summed E-state index contributed by atoms with van der Waals surface area (Å²) in [5.74, 6) is 0. The summed E-state index contributed by atoms with van der Waals surface area (Å²) < 4.78 is 49.5. The second kappa shape index (κ2) is 9.71. The van der Waals surface area contributed by atoms with Crippen molar-refractivity contribution in [1.82, 2.24) is 10.3 Å². The molecule has 2 rings (SSSR count). The summed E-state index contributed by atoms with van der Waals surface area (Å²) in [5.41, 5.74) is 0.690. The van der Waals surface area contributed by atoms with E-state index in [1.807, 2.05) is 0 Å². The van der Waals surface area contributed by atoms with Gasteiger partial charge in [0.15, 0.2) is 0 Å². The molecule has 0 aromatic carbocycles. The average Bonchev–Trinajstić information content (AvgIpc) is 2.82. The molecule has 0 amide bonds. The van der Waals surface area contributed by atoms with E-state index in [2.05, 4.69) is 23.4 Å². The van der Waals surface area contributed by atoms with Gasteiger partial charge in [0.05, 0.1) is 24.4 Å². The fraction of sp³-hybridized carbons (Fsp3) is 0.583. The molecule has 0 bridgehead atoms. The summed E-state index contributed by atoms with van der Waals surface area (Å²) in [4.78, 5) is 45.5. The van der Waals surface area contributed by atoms with Gasteiger partial charge in [-0.2, -0.15) is 0 Å². The predicted molar refractivity (Wildman–Crippen MR) is 88.4 cm³/mol. The van der Waals surface area contributed by atoms with Crippen LogP contribution in [0.1, 0.15) is 12.6 Å². The zero-order valence-corrected chi connectivity index (χ0v) is 17.5. The Labute approximate surface area is 165 Å². The first-order chi connectivity index (χ1) is 13.3. The number of aliphatic hydroxyl groups excluding tert-OH is 1. The lowest BCUT2D eigenvalue weighted by molar-refractivity contribution is -0.250. The molecule has 29 heavy (non-hydrogen) atoms. The zero-order chi connectivity index (χ0) is 21.9. The zero-order valence-electron chi connectivity index (χ0n) is 14.8. The van der Waals surface area contributed by atoms with Crippen molar-refractivity contribution >= 4 is 23.5 Å². The first-order valence-corrected chi connectivity index (χ1v) is 12.4. The minimum absolute atomic E-state index is 0.292. The number of rotatable bonds is 10. The van der Waals surface area contributed by atoms with Gasteiger partial charge in [0.2, 0.25) is 0 Å². The number of hydrogen-bond donors (Lipinski definition) is 3. The van der Waals surface area contributed by atoms with Gasteiger partial charge in [-0.25, -0.2) is 8.62 Å². The normalized spacial score (nSPS) is 31.0. The fourth-order valence-corrected chi connectivity index (χ4v) is 5.45. The minimum Gasteiger partial charge on any atom is -0.756 e. The van der Waals surface area contributed by atoms with Gasteiger partial charge in [-0.05, 0) is 19.1 Å². The van der Waals surface area contributed by atoms with Crippen LogP contribution in [0.2, 0.25) is 0 Å². The number of phosphoric acid groups is 3. The molecule has 2 heterocycles. The average molecular weight is 475 g/mol. The number of aromatic nitrogens is 1. The molecule has 7 atom stereocenters. The maximum atomic E-state index is 11.6. The van der Waals surface area contributed by atoms with Gasteiger partial charge in [0.25, 0.3) is 23.5 Å². The summed E-state index contributed by atoms with van der Waals surface area (Å²) in [6.45, 7) is 1.07. The van der Waals surface area contributed by atoms with Crippen molar-refractivity contribution in [3.8, 4) is 0 Å². The van der Waals surface area contributed by atoms with Crippen LogP contribution < -0.4 is 20.0 Å². The molecule has 1 aromatic rings. The van der Waals surface area contributed by atoms with Gasteiger partial charge in [0.1, 0.15) is 12.2 Å². The molecule has 0 saturated carbocycles. The Morgan fingerprint density at radius 3 is 2.48 bits per heavy atom. The molecule has 166 valence electrons. The lowest BCUT2D eigenvalue weighted by Crippen LogP contribution is -2.44. The number of nitrogens with zero attached hydrogens (tertiary/aromatic N) is 1. The van der Waals surface area contributed by atoms with E-state index in [1.165, 1.54) is 0 Å². The number of hydrogen-bond acceptors (Lipinski definition) is 13. The number of nitrogens with one attached hydrogen (secondary N) is 1. The van der Waals surface area contributed by atoms with Crippen LogP contribution >= 0.6 is 23.5 Å². The van der Waals surface area contributed by atoms with Crippen LogP contribution in [-0.2, 0) is 38.1 Å². The van der Waals surface area contributed by atoms with E-state index >= 15 is 0 Å². The van der Waals surface area contributed by atoms with Gasteiger partial charge in [-0.1, -0.05) is 6.07 Å². The SMILES string of the molecule is C[C@@H]1O[C@H](COP(=O)([O-])OP(=O)([O-])OP(=O)([O-])O)[C@H](O)C1NCc1ccccn1. The smallest absolute Gasteiger partial charge is 0.280 e. The largest absolute Gasteiger partial charge is 0.756 e. The lowest BCUT2D eigenvalue weighted by Gasteiger charge is -2.33. The molecule has 17 heteroatoms. The molecule has 0 spiro atoms. The molecular formula is C12H18N2O12P3-3. The van der Waals surface area contributed by atoms with E-state index in [4.69, 9.17) is 9.63 Å². The van der Waals surface area contributed by atoms with Crippen LogP contribution in [-0.4, -0.2) is 45.9 Å². The van der Waals surface area contributed by atoms with Gasteiger partial charge in [-0.3, -0.25) is 18.7 Å². The van der Waals surface area contributed by atoms with Crippen molar-refractivity contribution in [2.45, 2.75) is 37.8 Å². The third-order valence-electron chi connectivity index (χ3n) is 3.69.